The van der Waals surface area contributed by atoms with Gasteiger partial charge in [0, 0.05) is 0 Å². The Morgan fingerprint density at radius 1 is 1.00 bits per heavy atom. The number of allylic oxidation sites excluding steroid dienone is 4. The van der Waals surface area contributed by atoms with Gasteiger partial charge in [0.05, 0.1) is 8.69 Å². The minimum absolute atomic E-state index is 0.547. The van der Waals surface area contributed by atoms with Crippen LogP contribution in [0.5, 0.6) is 0 Å². The van der Waals surface area contributed by atoms with Gasteiger partial charge in [0.15, 0.2) is 0 Å². The van der Waals surface area contributed by atoms with Crippen LogP contribution >= 0.6 is 8.69 Å². The van der Waals surface area contributed by atoms with Gasteiger partial charge in [-0.3, -0.25) is 4.57 Å². The quantitative estimate of drug-likeness (QED) is 0.559. The van der Waals surface area contributed by atoms with Crippen molar-refractivity contribution in [2.75, 3.05) is 0 Å². The van der Waals surface area contributed by atoms with Crippen LogP contribution in [0, 0.1) is 0 Å². The Morgan fingerprint density at radius 3 is 1.75 bits per heavy atom. The maximum absolute atomic E-state index is 8.35. The maximum Gasteiger partial charge on any atom is 0.0642 e. The largest absolute Gasteiger partial charge is 0.772 e. The summed E-state index contributed by atoms with van der Waals surface area (Å²) in [6.07, 6.45) is 16.3. The zero-order valence-electron chi connectivity index (χ0n) is 9.65. The fourth-order valence-electron chi connectivity index (χ4n) is 2.23. The topological polar surface area (TPSA) is 40.1 Å². The van der Waals surface area contributed by atoms with Crippen LogP contribution < -0.4 is 4.89 Å². The minimum Gasteiger partial charge on any atom is -0.772 e. The van der Waals surface area contributed by atoms with Crippen LogP contribution in [0.25, 0.3) is 0 Å². The van der Waals surface area contributed by atoms with Gasteiger partial charge in [-0.25, -0.2) is 0 Å². The first kappa shape index (κ1) is 14.1. The van der Waals surface area contributed by atoms with Gasteiger partial charge in [-0.1, -0.05) is 0 Å². The Labute approximate surface area is 106 Å². The average molecular weight is 252 g/mol. The molecule has 2 nitrogen and oxygen atoms in total. The number of rotatable bonds is 2. The molecule has 2 aliphatic rings. The van der Waals surface area contributed by atoms with Crippen LogP contribution in [0.15, 0.2) is 21.0 Å². The van der Waals surface area contributed by atoms with E-state index >= 15 is 0 Å². The predicted molar refractivity (Wildman–Crippen MR) is 66.5 cm³/mol. The fraction of sp³-hybridized carbons (Fsp3) is 0.667. The van der Waals surface area contributed by atoms with Crippen LogP contribution in [-0.4, -0.2) is 15.2 Å². The second-order valence-corrected chi connectivity index (χ2v) is 6.19. The Kier molecular flexibility index (Phi) is 8.07. The molecule has 0 unspecified atom stereocenters. The van der Waals surface area contributed by atoms with Crippen molar-refractivity contribution >= 4 is 23.9 Å². The first-order valence-corrected chi connectivity index (χ1v) is 7.93. The third kappa shape index (κ3) is 5.97. The third-order valence-corrected chi connectivity index (χ3v) is 4.81. The summed E-state index contributed by atoms with van der Waals surface area (Å²) in [5, 5.41) is 0. The van der Waals surface area contributed by atoms with Crippen molar-refractivity contribution in [3.05, 3.63) is 21.0 Å². The Bertz CT molecular complexity index is 250. The summed E-state index contributed by atoms with van der Waals surface area (Å²) in [5.41, 5.74) is 0. The standard InChI is InChI=1S/2C6H9.Al.HO2P/c2*1-2-4-6-5-3-1;;1-3-2/h2*1H,2,4-6H2;;(H,1,2)/q;;+1;/p-1. The maximum atomic E-state index is 8.35. The van der Waals surface area contributed by atoms with Crippen LogP contribution in [0.4, 0.5) is 0 Å². The Balaban J connectivity index is 0.000000386. The molecule has 0 radical (unpaired) electrons. The van der Waals surface area contributed by atoms with E-state index in [1.54, 1.807) is 8.87 Å². The van der Waals surface area contributed by atoms with E-state index in [9.17, 15) is 0 Å². The summed E-state index contributed by atoms with van der Waals surface area (Å²) in [7, 11) is -1.08. The molecule has 16 heavy (non-hydrogen) atoms. The van der Waals surface area contributed by atoms with Crippen LogP contribution in [-0.2, 0) is 4.57 Å². The van der Waals surface area contributed by atoms with Gasteiger partial charge in [-0.05, 0) is 0 Å². The molecule has 2 aliphatic carbocycles. The molecule has 0 saturated heterocycles. The van der Waals surface area contributed by atoms with Crippen LogP contribution in [0.1, 0.15) is 51.4 Å². The summed E-state index contributed by atoms with van der Waals surface area (Å²) < 4.78 is 12.0. The fourth-order valence-corrected chi connectivity index (χ4v) is 3.97. The first-order valence-electron chi connectivity index (χ1n) is 6.04. The van der Waals surface area contributed by atoms with Crippen molar-refractivity contribution in [1.29, 1.82) is 0 Å². The van der Waals surface area contributed by atoms with E-state index in [0.29, 0.717) is 15.2 Å². The van der Waals surface area contributed by atoms with Crippen LogP contribution in [0.3, 0.4) is 0 Å². The molecule has 0 spiro atoms. The van der Waals surface area contributed by atoms with Gasteiger partial charge in [0.2, 0.25) is 0 Å². The summed E-state index contributed by atoms with van der Waals surface area (Å²) in [6, 6.07) is 0. The molecule has 0 aromatic rings. The second kappa shape index (κ2) is 9.14. The minimum atomic E-state index is -1.08. The SMILES string of the molecule is C1=[C]([Al+][C]2=CCCCC2)CCCC1.O=P[O-]. The van der Waals surface area contributed by atoms with Crippen LogP contribution in [0.2, 0.25) is 0 Å². The first-order chi connectivity index (χ1) is 7.86. The van der Waals surface area contributed by atoms with Crippen molar-refractivity contribution in [2.24, 2.45) is 0 Å². The average Bonchev–Trinajstić information content (AvgIpc) is 2.33. The van der Waals surface area contributed by atoms with Gasteiger partial charge in [-0.15, -0.1) is 0 Å². The number of hydrogen-bond acceptors (Lipinski definition) is 2. The zero-order valence-corrected chi connectivity index (χ0v) is 11.7. The Hall–Kier alpha value is 0.0725. The monoisotopic (exact) mass is 252 g/mol. The molecule has 4 heteroatoms. The summed E-state index contributed by atoms with van der Waals surface area (Å²) in [6.45, 7) is 0. The van der Waals surface area contributed by atoms with Crippen molar-refractivity contribution in [3.63, 3.8) is 0 Å². The van der Waals surface area contributed by atoms with Crippen molar-refractivity contribution in [2.45, 2.75) is 51.4 Å². The molecule has 0 aromatic heterocycles. The van der Waals surface area contributed by atoms with Gasteiger partial charge in [0.25, 0.3) is 0 Å². The molecular weight excluding hydrogens is 234 g/mol. The third-order valence-electron chi connectivity index (χ3n) is 3.02. The summed E-state index contributed by atoms with van der Waals surface area (Å²) >= 11 is 0.547. The van der Waals surface area contributed by atoms with E-state index in [-0.39, 0.29) is 0 Å². The van der Waals surface area contributed by atoms with E-state index < -0.39 is 8.69 Å². The van der Waals surface area contributed by atoms with E-state index in [1.807, 2.05) is 0 Å². The van der Waals surface area contributed by atoms with Crippen molar-refractivity contribution < 1.29 is 9.46 Å². The molecule has 0 heterocycles. The second-order valence-electron chi connectivity index (χ2n) is 4.27. The molecule has 0 saturated carbocycles. The van der Waals surface area contributed by atoms with Gasteiger partial charge in [-0.2, -0.15) is 0 Å². The molecule has 2 rings (SSSR count). The summed E-state index contributed by atoms with van der Waals surface area (Å²) in [5.74, 6) is 0. The van der Waals surface area contributed by atoms with Gasteiger partial charge in [0.1, 0.15) is 0 Å². The molecule has 0 aliphatic heterocycles. The molecule has 0 amide bonds. The van der Waals surface area contributed by atoms with Crippen molar-refractivity contribution in [1.82, 2.24) is 0 Å². The zero-order chi connectivity index (χ0) is 11.6. The molecule has 0 aromatic carbocycles. The van der Waals surface area contributed by atoms with E-state index in [2.05, 4.69) is 12.2 Å². The molecule has 0 bridgehead atoms. The van der Waals surface area contributed by atoms with Gasteiger partial charge < -0.3 is 4.89 Å². The van der Waals surface area contributed by atoms with Crippen molar-refractivity contribution in [3.8, 4) is 0 Å². The Morgan fingerprint density at radius 2 is 1.44 bits per heavy atom. The molecule has 0 N–H and O–H groups in total. The molecule has 0 fully saturated rings. The van der Waals surface area contributed by atoms with E-state index in [0.717, 1.165) is 0 Å². The summed E-state index contributed by atoms with van der Waals surface area (Å²) in [4.78, 5) is 8.35. The van der Waals surface area contributed by atoms with E-state index in [4.69, 9.17) is 9.46 Å². The molecular formula is C12H18AlO2P. The molecule has 0 atom stereocenters. The predicted octanol–water partition coefficient (Wildman–Crippen LogP) is 3.16. The smallest absolute Gasteiger partial charge is 0.0642 e. The van der Waals surface area contributed by atoms with Gasteiger partial charge >= 0.3 is 87.6 Å². The normalized spacial score (nSPS) is 20.1. The van der Waals surface area contributed by atoms with E-state index in [1.165, 1.54) is 51.4 Å². The molecule has 86 valence electrons. The number of hydrogen-bond donors (Lipinski definition) is 0.